The van der Waals surface area contributed by atoms with Crippen molar-refractivity contribution < 1.29 is 19.2 Å². The van der Waals surface area contributed by atoms with Crippen molar-refractivity contribution in [2.75, 3.05) is 0 Å². The Hall–Kier alpha value is -1.32. The monoisotopic (exact) mass is 340 g/mol. The minimum atomic E-state index is -0.384. The van der Waals surface area contributed by atoms with Gasteiger partial charge in [0.15, 0.2) is 0 Å². The first-order chi connectivity index (χ1) is 10.5. The Morgan fingerprint density at radius 1 is 0.583 bits per heavy atom. The van der Waals surface area contributed by atoms with E-state index in [0.717, 1.165) is 0 Å². The summed E-state index contributed by atoms with van der Waals surface area (Å²) in [6.45, 7) is 18.3. The summed E-state index contributed by atoms with van der Waals surface area (Å²) in [5, 5.41) is 0. The van der Waals surface area contributed by atoms with Crippen molar-refractivity contribution in [3.8, 4) is 0 Å². The highest BCUT2D eigenvalue weighted by Gasteiger charge is 2.25. The Kier molecular flexibility index (Phi) is 10.2. The van der Waals surface area contributed by atoms with Crippen molar-refractivity contribution in [1.29, 1.82) is 0 Å². The molecule has 0 N–H and O–H groups in total. The second kappa shape index (κ2) is 9.85. The minimum Gasteiger partial charge on any atom is -0.299 e. The van der Waals surface area contributed by atoms with E-state index in [1.807, 2.05) is 69.2 Å². The van der Waals surface area contributed by atoms with Crippen LogP contribution < -0.4 is 0 Å². The lowest BCUT2D eigenvalue weighted by Gasteiger charge is -2.16. The maximum Gasteiger partial charge on any atom is 0.145 e. The van der Waals surface area contributed by atoms with Crippen molar-refractivity contribution >= 4 is 23.1 Å². The zero-order valence-electron chi connectivity index (χ0n) is 17.2. The molecular formula is C20H36O4. The van der Waals surface area contributed by atoms with E-state index < -0.39 is 0 Å². The first-order valence-corrected chi connectivity index (χ1v) is 8.62. The lowest BCUT2D eigenvalue weighted by molar-refractivity contribution is -0.134. The van der Waals surface area contributed by atoms with Crippen LogP contribution in [0.15, 0.2) is 0 Å². The molecule has 0 aromatic rings. The molecule has 0 aliphatic heterocycles. The number of hydrogen-bond donors (Lipinski definition) is 0. The van der Waals surface area contributed by atoms with Crippen LogP contribution in [0, 0.1) is 22.7 Å². The predicted octanol–water partition coefficient (Wildman–Crippen LogP) is 4.43. The summed E-state index contributed by atoms with van der Waals surface area (Å²) in [5.74, 6) is 0.0693. The maximum atomic E-state index is 11.4. The van der Waals surface area contributed by atoms with Gasteiger partial charge in [-0.2, -0.15) is 0 Å². The fourth-order valence-electron chi connectivity index (χ4n) is 1.26. The number of hydrogen-bond acceptors (Lipinski definition) is 4. The van der Waals surface area contributed by atoms with Gasteiger partial charge in [-0.3, -0.25) is 19.2 Å². The first-order valence-electron chi connectivity index (χ1n) is 8.62. The average Bonchev–Trinajstić information content (AvgIpc) is 2.36. The van der Waals surface area contributed by atoms with Crippen molar-refractivity contribution in [1.82, 2.24) is 0 Å². The molecule has 0 radical (unpaired) electrons. The lowest BCUT2D eigenvalue weighted by Crippen LogP contribution is -2.24. The lowest BCUT2D eigenvalue weighted by atomic mass is 9.86. The molecule has 0 atom stereocenters. The van der Waals surface area contributed by atoms with E-state index >= 15 is 0 Å². The normalized spacial score (nSPS) is 11.8. The zero-order chi connectivity index (χ0) is 19.9. The van der Waals surface area contributed by atoms with Crippen LogP contribution in [0.4, 0.5) is 0 Å². The predicted molar refractivity (Wildman–Crippen MR) is 97.8 cm³/mol. The van der Waals surface area contributed by atoms with Gasteiger partial charge in [-0.1, -0.05) is 69.2 Å². The fourth-order valence-corrected chi connectivity index (χ4v) is 1.26. The first kappa shape index (κ1) is 24.9. The van der Waals surface area contributed by atoms with Crippen molar-refractivity contribution in [3.05, 3.63) is 0 Å². The van der Waals surface area contributed by atoms with E-state index in [2.05, 4.69) is 0 Å². The fraction of sp³-hybridized carbons (Fsp3) is 0.800. The second-order valence-corrected chi connectivity index (χ2v) is 8.94. The van der Waals surface area contributed by atoms with Gasteiger partial charge in [-0.25, -0.2) is 0 Å². The van der Waals surface area contributed by atoms with E-state index in [1.54, 1.807) is 0 Å². The molecule has 0 heterocycles. The van der Waals surface area contributed by atoms with Crippen molar-refractivity contribution in [3.63, 3.8) is 0 Å². The molecule has 0 saturated carbocycles. The van der Waals surface area contributed by atoms with Gasteiger partial charge >= 0.3 is 0 Å². The third-order valence-electron chi connectivity index (χ3n) is 3.63. The summed E-state index contributed by atoms with van der Waals surface area (Å²) in [5.41, 5.74) is -0.769. The highest BCUT2D eigenvalue weighted by Crippen LogP contribution is 2.18. The molecule has 0 spiro atoms. The molecule has 24 heavy (non-hydrogen) atoms. The maximum absolute atomic E-state index is 11.4. The highest BCUT2D eigenvalue weighted by atomic mass is 16.2. The van der Waals surface area contributed by atoms with Gasteiger partial charge in [0.05, 0.1) is 12.8 Å². The average molecular weight is 341 g/mol. The molecule has 0 fully saturated rings. The van der Waals surface area contributed by atoms with Gasteiger partial charge in [0.2, 0.25) is 0 Å². The van der Waals surface area contributed by atoms with Gasteiger partial charge in [-0.05, 0) is 0 Å². The summed E-state index contributed by atoms with van der Waals surface area (Å²) in [6.07, 6.45) is 0.169. The summed E-state index contributed by atoms with van der Waals surface area (Å²) >= 11 is 0. The summed E-state index contributed by atoms with van der Waals surface area (Å²) in [7, 11) is 0. The van der Waals surface area contributed by atoms with Crippen LogP contribution in [-0.4, -0.2) is 23.1 Å². The Bertz CT molecular complexity index is 413. The van der Waals surface area contributed by atoms with Crippen LogP contribution in [0.25, 0.3) is 0 Å². The summed E-state index contributed by atoms with van der Waals surface area (Å²) < 4.78 is 0. The molecule has 0 rings (SSSR count). The van der Waals surface area contributed by atoms with Gasteiger partial charge in [0, 0.05) is 22.7 Å². The molecule has 4 heteroatoms. The Balaban J connectivity index is 0. The molecule has 0 aliphatic rings. The molecule has 0 aromatic heterocycles. The van der Waals surface area contributed by atoms with Crippen LogP contribution in [0.2, 0.25) is 0 Å². The van der Waals surface area contributed by atoms with Crippen LogP contribution >= 0.6 is 0 Å². The molecule has 4 nitrogen and oxygen atoms in total. The molecule has 0 saturated heterocycles. The van der Waals surface area contributed by atoms with Gasteiger partial charge in [0.25, 0.3) is 0 Å². The van der Waals surface area contributed by atoms with E-state index in [0.29, 0.717) is 0 Å². The molecule has 0 bridgehead atoms. The van der Waals surface area contributed by atoms with E-state index in [4.69, 9.17) is 0 Å². The summed E-state index contributed by atoms with van der Waals surface area (Å²) in [4.78, 5) is 45.1. The number of rotatable bonds is 6. The molecule has 140 valence electrons. The topological polar surface area (TPSA) is 68.3 Å². The van der Waals surface area contributed by atoms with Crippen molar-refractivity contribution in [2.45, 2.75) is 82.1 Å². The van der Waals surface area contributed by atoms with Gasteiger partial charge in [0.1, 0.15) is 23.1 Å². The van der Waals surface area contributed by atoms with E-state index in [9.17, 15) is 19.2 Å². The molecule has 0 aliphatic carbocycles. The molecule has 0 aromatic carbocycles. The van der Waals surface area contributed by atoms with Gasteiger partial charge < -0.3 is 0 Å². The largest absolute Gasteiger partial charge is 0.299 e. The SMILES string of the molecule is CC(C)C(=O)CC(=O)C(C)(C)C.CC(C)C(=O)CC(=O)C(C)(C)C. The van der Waals surface area contributed by atoms with Crippen LogP contribution in [0.3, 0.4) is 0 Å². The van der Waals surface area contributed by atoms with E-state index in [1.165, 1.54) is 0 Å². The highest BCUT2D eigenvalue weighted by molar-refractivity contribution is 6.02. The standard InChI is InChI=1S/2C10H18O2/c2*1-7(2)8(11)6-9(12)10(3,4)5/h2*7H,6H2,1-5H3. The molecule has 0 amide bonds. The van der Waals surface area contributed by atoms with E-state index in [-0.39, 0.29) is 58.6 Å². The Morgan fingerprint density at radius 3 is 0.917 bits per heavy atom. The third-order valence-corrected chi connectivity index (χ3v) is 3.63. The molecule has 0 unspecified atom stereocenters. The van der Waals surface area contributed by atoms with Crippen LogP contribution in [0.1, 0.15) is 82.1 Å². The van der Waals surface area contributed by atoms with Crippen molar-refractivity contribution in [2.24, 2.45) is 22.7 Å². The number of carbonyl (C=O) groups excluding carboxylic acids is 4. The molecular weight excluding hydrogens is 304 g/mol. The quantitative estimate of drug-likeness (QED) is 0.671. The number of ketones is 4. The van der Waals surface area contributed by atoms with Crippen LogP contribution in [0.5, 0.6) is 0 Å². The van der Waals surface area contributed by atoms with Crippen LogP contribution in [-0.2, 0) is 19.2 Å². The Labute approximate surface area is 147 Å². The second-order valence-electron chi connectivity index (χ2n) is 8.94. The Morgan fingerprint density at radius 2 is 0.792 bits per heavy atom. The number of carbonyl (C=O) groups is 4. The van der Waals surface area contributed by atoms with Gasteiger partial charge in [-0.15, -0.1) is 0 Å². The summed E-state index contributed by atoms with van der Waals surface area (Å²) in [6, 6.07) is 0. The number of Topliss-reactive ketones (excluding diaryl/α,β-unsaturated/α-hetero) is 4. The third kappa shape index (κ3) is 11.3. The smallest absolute Gasteiger partial charge is 0.145 e. The zero-order valence-corrected chi connectivity index (χ0v) is 17.2. The minimum absolute atomic E-state index is 0.0289.